The molecular weight excluding hydrogens is 252 g/mol. The molecule has 0 radical (unpaired) electrons. The van der Waals surface area contributed by atoms with Crippen molar-refractivity contribution in [1.82, 2.24) is 10.2 Å². The van der Waals surface area contributed by atoms with Crippen LogP contribution in [0.25, 0.3) is 0 Å². The Morgan fingerprint density at radius 3 is 3.05 bits per heavy atom. The number of hydrogen-bond acceptors (Lipinski definition) is 4. The third kappa shape index (κ3) is 4.20. The molecule has 0 bridgehead atoms. The predicted molar refractivity (Wildman–Crippen MR) is 81.4 cm³/mol. The van der Waals surface area contributed by atoms with Crippen molar-refractivity contribution < 1.29 is 9.47 Å². The van der Waals surface area contributed by atoms with Crippen molar-refractivity contribution in [2.24, 2.45) is 0 Å². The lowest BCUT2D eigenvalue weighted by molar-refractivity contribution is 0.161. The molecule has 1 N–H and O–H groups in total. The Kier molecular flexibility index (Phi) is 5.83. The van der Waals surface area contributed by atoms with Crippen LogP contribution in [0.5, 0.6) is 5.75 Å². The van der Waals surface area contributed by atoms with Crippen LogP contribution in [0.15, 0.2) is 18.2 Å². The summed E-state index contributed by atoms with van der Waals surface area (Å²) in [5.74, 6) is 1.06. The van der Waals surface area contributed by atoms with E-state index in [9.17, 15) is 0 Å². The van der Waals surface area contributed by atoms with Crippen LogP contribution >= 0.6 is 0 Å². The van der Waals surface area contributed by atoms with Crippen molar-refractivity contribution in [3.05, 3.63) is 29.3 Å². The van der Waals surface area contributed by atoms with Crippen LogP contribution in [0.2, 0.25) is 0 Å². The zero-order chi connectivity index (χ0) is 14.4. The first-order valence-corrected chi connectivity index (χ1v) is 7.37. The second-order valence-electron chi connectivity index (χ2n) is 5.44. The van der Waals surface area contributed by atoms with Gasteiger partial charge in [0.1, 0.15) is 5.75 Å². The van der Waals surface area contributed by atoms with Crippen LogP contribution < -0.4 is 10.1 Å². The average molecular weight is 278 g/mol. The highest BCUT2D eigenvalue weighted by molar-refractivity contribution is 5.40. The van der Waals surface area contributed by atoms with Gasteiger partial charge in [-0.15, -0.1) is 0 Å². The summed E-state index contributed by atoms with van der Waals surface area (Å²) in [5, 5.41) is 3.57. The molecule has 1 unspecified atom stereocenters. The Morgan fingerprint density at radius 1 is 1.40 bits per heavy atom. The number of methoxy groups -OCH3 is 1. The molecule has 0 amide bonds. The van der Waals surface area contributed by atoms with E-state index >= 15 is 0 Å². The molecule has 2 rings (SSSR count). The molecule has 1 heterocycles. The van der Waals surface area contributed by atoms with E-state index in [1.54, 1.807) is 7.11 Å². The van der Waals surface area contributed by atoms with Gasteiger partial charge in [0, 0.05) is 39.2 Å². The van der Waals surface area contributed by atoms with E-state index in [1.165, 1.54) is 11.1 Å². The van der Waals surface area contributed by atoms with Gasteiger partial charge in [-0.05, 0) is 31.2 Å². The Labute approximate surface area is 122 Å². The fourth-order valence-electron chi connectivity index (χ4n) is 2.42. The third-order valence-electron chi connectivity index (χ3n) is 3.83. The standard InChI is InChI=1S/C16H26N2O2/c1-13(17-7-8-18(2)9-11-19-3)14-4-5-16-15(12-14)6-10-20-16/h4-5,12-13,17H,6-11H2,1-3H3. The van der Waals surface area contributed by atoms with Gasteiger partial charge in [0.15, 0.2) is 0 Å². The third-order valence-corrected chi connectivity index (χ3v) is 3.83. The van der Waals surface area contributed by atoms with E-state index < -0.39 is 0 Å². The molecule has 1 aliphatic heterocycles. The molecule has 1 atom stereocenters. The lowest BCUT2D eigenvalue weighted by Gasteiger charge is -2.19. The SMILES string of the molecule is COCCN(C)CCNC(C)c1ccc2c(c1)CCO2. The number of benzene rings is 1. The minimum absolute atomic E-state index is 0.372. The van der Waals surface area contributed by atoms with Gasteiger partial charge in [0.25, 0.3) is 0 Å². The highest BCUT2D eigenvalue weighted by Crippen LogP contribution is 2.27. The quantitative estimate of drug-likeness (QED) is 0.787. The first-order valence-electron chi connectivity index (χ1n) is 7.37. The summed E-state index contributed by atoms with van der Waals surface area (Å²) < 4.78 is 10.6. The molecule has 4 nitrogen and oxygen atoms in total. The molecular formula is C16H26N2O2. The van der Waals surface area contributed by atoms with Crippen LogP contribution in [-0.4, -0.2) is 51.9 Å². The lowest BCUT2D eigenvalue weighted by Crippen LogP contribution is -2.32. The zero-order valence-electron chi connectivity index (χ0n) is 12.8. The average Bonchev–Trinajstić information content (AvgIpc) is 2.92. The zero-order valence-corrected chi connectivity index (χ0v) is 12.8. The molecule has 4 heteroatoms. The topological polar surface area (TPSA) is 33.7 Å². The summed E-state index contributed by atoms with van der Waals surface area (Å²) in [7, 11) is 3.86. The molecule has 0 spiro atoms. The predicted octanol–water partition coefficient (Wildman–Crippen LogP) is 1.85. The number of nitrogens with zero attached hydrogens (tertiary/aromatic N) is 1. The summed E-state index contributed by atoms with van der Waals surface area (Å²) in [6, 6.07) is 6.91. The van der Waals surface area contributed by atoms with Crippen molar-refractivity contribution in [3.8, 4) is 5.75 Å². The Bertz CT molecular complexity index is 423. The molecule has 1 aromatic carbocycles. The van der Waals surface area contributed by atoms with Crippen molar-refractivity contribution in [2.75, 3.05) is 47.0 Å². The van der Waals surface area contributed by atoms with E-state index in [-0.39, 0.29) is 0 Å². The molecule has 0 aliphatic carbocycles. The van der Waals surface area contributed by atoms with Gasteiger partial charge in [-0.25, -0.2) is 0 Å². The largest absolute Gasteiger partial charge is 0.493 e. The number of rotatable bonds is 8. The van der Waals surface area contributed by atoms with Crippen LogP contribution in [0.1, 0.15) is 24.1 Å². The normalized spacial score (nSPS) is 15.2. The van der Waals surface area contributed by atoms with E-state index in [2.05, 4.69) is 42.4 Å². The van der Waals surface area contributed by atoms with Crippen LogP contribution in [0, 0.1) is 0 Å². The molecule has 0 fully saturated rings. The fraction of sp³-hybridized carbons (Fsp3) is 0.625. The number of ether oxygens (including phenoxy) is 2. The first kappa shape index (κ1) is 15.3. The fourth-order valence-corrected chi connectivity index (χ4v) is 2.42. The maximum atomic E-state index is 5.54. The van der Waals surface area contributed by atoms with E-state index in [4.69, 9.17) is 9.47 Å². The number of likely N-dealkylation sites (N-methyl/N-ethyl adjacent to an activating group) is 1. The van der Waals surface area contributed by atoms with E-state index in [1.807, 2.05) is 0 Å². The minimum Gasteiger partial charge on any atom is -0.493 e. The molecule has 1 aromatic rings. The van der Waals surface area contributed by atoms with Gasteiger partial charge in [0.05, 0.1) is 13.2 Å². The first-order chi connectivity index (χ1) is 9.70. The van der Waals surface area contributed by atoms with Crippen molar-refractivity contribution >= 4 is 0 Å². The summed E-state index contributed by atoms with van der Waals surface area (Å²) >= 11 is 0. The van der Waals surface area contributed by atoms with Gasteiger partial charge in [-0.2, -0.15) is 0 Å². The van der Waals surface area contributed by atoms with Crippen LogP contribution in [0.4, 0.5) is 0 Å². The van der Waals surface area contributed by atoms with E-state index in [0.29, 0.717) is 6.04 Å². The molecule has 0 saturated heterocycles. The van der Waals surface area contributed by atoms with Gasteiger partial charge < -0.3 is 19.7 Å². The van der Waals surface area contributed by atoms with Crippen LogP contribution in [-0.2, 0) is 11.2 Å². The van der Waals surface area contributed by atoms with Gasteiger partial charge >= 0.3 is 0 Å². The highest BCUT2D eigenvalue weighted by Gasteiger charge is 2.14. The molecule has 0 saturated carbocycles. The minimum atomic E-state index is 0.372. The van der Waals surface area contributed by atoms with Gasteiger partial charge in [-0.1, -0.05) is 12.1 Å². The summed E-state index contributed by atoms with van der Waals surface area (Å²) in [4.78, 5) is 2.28. The molecule has 112 valence electrons. The highest BCUT2D eigenvalue weighted by atomic mass is 16.5. The second kappa shape index (κ2) is 7.62. The van der Waals surface area contributed by atoms with E-state index in [0.717, 1.165) is 45.0 Å². The monoisotopic (exact) mass is 278 g/mol. The molecule has 20 heavy (non-hydrogen) atoms. The maximum absolute atomic E-state index is 5.54. The summed E-state index contributed by atoms with van der Waals surface area (Å²) in [5.41, 5.74) is 2.68. The molecule has 1 aliphatic rings. The lowest BCUT2D eigenvalue weighted by atomic mass is 10.0. The second-order valence-corrected chi connectivity index (χ2v) is 5.44. The number of hydrogen-bond donors (Lipinski definition) is 1. The smallest absolute Gasteiger partial charge is 0.122 e. The van der Waals surface area contributed by atoms with Crippen molar-refractivity contribution in [2.45, 2.75) is 19.4 Å². The number of fused-ring (bicyclic) bond motifs is 1. The molecule has 0 aromatic heterocycles. The number of nitrogens with one attached hydrogen (secondary N) is 1. The summed E-state index contributed by atoms with van der Waals surface area (Å²) in [6.45, 7) is 6.81. The van der Waals surface area contributed by atoms with Crippen LogP contribution in [0.3, 0.4) is 0 Å². The van der Waals surface area contributed by atoms with Crippen molar-refractivity contribution in [1.29, 1.82) is 0 Å². The van der Waals surface area contributed by atoms with Gasteiger partial charge in [-0.3, -0.25) is 0 Å². The maximum Gasteiger partial charge on any atom is 0.122 e. The Hall–Kier alpha value is -1.10. The van der Waals surface area contributed by atoms with Gasteiger partial charge in [0.2, 0.25) is 0 Å². The Balaban J connectivity index is 1.76. The van der Waals surface area contributed by atoms with Crippen molar-refractivity contribution in [3.63, 3.8) is 0 Å². The Morgan fingerprint density at radius 2 is 2.25 bits per heavy atom. The summed E-state index contributed by atoms with van der Waals surface area (Å²) in [6.07, 6.45) is 1.04.